The molecule has 0 bridgehead atoms. The third-order valence-corrected chi connectivity index (χ3v) is 7.75. The molecule has 0 aliphatic carbocycles. The summed E-state index contributed by atoms with van der Waals surface area (Å²) in [5.41, 5.74) is 7.13. The van der Waals surface area contributed by atoms with Gasteiger partial charge in [-0.3, -0.25) is 4.79 Å². The molecule has 0 unspecified atom stereocenters. The molecule has 1 aromatic heterocycles. The lowest BCUT2D eigenvalue weighted by molar-refractivity contribution is 0.0677. The first kappa shape index (κ1) is 20.1. The number of fused-ring (bicyclic) bond motifs is 3. The highest BCUT2D eigenvalue weighted by molar-refractivity contribution is 6.08. The number of hydrogen-bond acceptors (Lipinski definition) is 2. The van der Waals surface area contributed by atoms with Gasteiger partial charge in [0.2, 0.25) is 0 Å². The quantitative estimate of drug-likeness (QED) is 0.455. The van der Waals surface area contributed by atoms with Gasteiger partial charge in [0.05, 0.1) is 5.56 Å². The number of aromatic nitrogens is 1. The maximum absolute atomic E-state index is 13.8. The topological polar surface area (TPSA) is 37.3 Å². The van der Waals surface area contributed by atoms with Gasteiger partial charge in [0.15, 0.2) is 0 Å². The summed E-state index contributed by atoms with van der Waals surface area (Å²) in [7, 11) is 0. The van der Waals surface area contributed by atoms with Crippen molar-refractivity contribution in [3.8, 4) is 0 Å². The van der Waals surface area contributed by atoms with Gasteiger partial charge < -0.3 is 14.8 Å². The first-order valence-corrected chi connectivity index (χ1v) is 11.9. The van der Waals surface area contributed by atoms with E-state index in [0.29, 0.717) is 0 Å². The Bertz CT molecular complexity index is 1330. The average Bonchev–Trinajstić information content (AvgIpc) is 3.35. The van der Waals surface area contributed by atoms with E-state index in [0.717, 1.165) is 61.2 Å². The lowest BCUT2D eigenvalue weighted by atomic mass is 9.74. The van der Waals surface area contributed by atoms with Crippen LogP contribution in [0.2, 0.25) is 0 Å². The largest absolute Gasteiger partial charge is 0.384 e. The molecule has 33 heavy (non-hydrogen) atoms. The predicted molar refractivity (Wildman–Crippen MR) is 134 cm³/mol. The van der Waals surface area contributed by atoms with E-state index in [1.807, 2.05) is 12.1 Å². The molecule has 0 atom stereocenters. The molecule has 1 N–H and O–H groups in total. The predicted octanol–water partition coefficient (Wildman–Crippen LogP) is 5.60. The molecule has 3 aromatic carbocycles. The number of amides is 1. The number of carbonyl (C=O) groups excluding carboxylic acids is 1. The monoisotopic (exact) mass is 435 g/mol. The van der Waals surface area contributed by atoms with Gasteiger partial charge in [-0.2, -0.15) is 0 Å². The van der Waals surface area contributed by atoms with Gasteiger partial charge >= 0.3 is 0 Å². The minimum atomic E-state index is 0.156. The fraction of sp³-hybridized carbons (Fsp3) is 0.276. The number of nitrogens with one attached hydrogen (secondary N) is 1. The summed E-state index contributed by atoms with van der Waals surface area (Å²) in [5.74, 6) is 0.171. The van der Waals surface area contributed by atoms with Crippen LogP contribution in [0.4, 0.5) is 5.69 Å². The summed E-state index contributed by atoms with van der Waals surface area (Å²) >= 11 is 0. The number of benzene rings is 3. The van der Waals surface area contributed by atoms with E-state index in [1.54, 1.807) is 0 Å². The number of anilines is 1. The number of rotatable bonds is 3. The molecular weight excluding hydrogens is 406 g/mol. The van der Waals surface area contributed by atoms with Crippen molar-refractivity contribution in [1.82, 2.24) is 9.47 Å². The number of para-hydroxylation sites is 2. The first-order chi connectivity index (χ1) is 16.2. The van der Waals surface area contributed by atoms with E-state index in [2.05, 4.69) is 88.4 Å². The maximum atomic E-state index is 13.8. The molecule has 3 heterocycles. The molecule has 1 spiro atoms. The first-order valence-electron chi connectivity index (χ1n) is 11.9. The minimum Gasteiger partial charge on any atom is -0.384 e. The number of likely N-dealkylation sites (tertiary alicyclic amines) is 1. The van der Waals surface area contributed by atoms with Crippen LogP contribution in [0.5, 0.6) is 0 Å². The van der Waals surface area contributed by atoms with Gasteiger partial charge in [-0.15, -0.1) is 0 Å². The van der Waals surface area contributed by atoms with E-state index >= 15 is 0 Å². The second-order valence-electron chi connectivity index (χ2n) is 9.52. The highest BCUT2D eigenvalue weighted by Crippen LogP contribution is 2.44. The van der Waals surface area contributed by atoms with Crippen molar-refractivity contribution in [1.29, 1.82) is 0 Å². The van der Waals surface area contributed by atoms with Crippen LogP contribution in [0, 0.1) is 6.92 Å². The molecule has 4 heteroatoms. The zero-order chi connectivity index (χ0) is 22.4. The van der Waals surface area contributed by atoms with Crippen LogP contribution < -0.4 is 5.32 Å². The van der Waals surface area contributed by atoms with Gasteiger partial charge in [0.25, 0.3) is 5.91 Å². The van der Waals surface area contributed by atoms with E-state index in [9.17, 15) is 4.79 Å². The highest BCUT2D eigenvalue weighted by atomic mass is 16.2. The molecule has 1 fully saturated rings. The van der Waals surface area contributed by atoms with Gasteiger partial charge in [0, 0.05) is 53.9 Å². The fourth-order valence-corrected chi connectivity index (χ4v) is 5.87. The molecule has 4 nitrogen and oxygen atoms in total. The Hall–Kier alpha value is -3.53. The number of nitrogens with zero attached hydrogens (tertiary/aromatic N) is 2. The van der Waals surface area contributed by atoms with Crippen molar-refractivity contribution in [2.24, 2.45) is 0 Å². The Morgan fingerprint density at radius 3 is 2.42 bits per heavy atom. The molecule has 2 aliphatic rings. The van der Waals surface area contributed by atoms with Crippen LogP contribution in [0.3, 0.4) is 0 Å². The molecule has 166 valence electrons. The Kier molecular flexibility index (Phi) is 4.75. The third-order valence-electron chi connectivity index (χ3n) is 7.75. The molecular formula is C29H29N3O. The van der Waals surface area contributed by atoms with Crippen molar-refractivity contribution in [3.63, 3.8) is 0 Å². The lowest BCUT2D eigenvalue weighted by Gasteiger charge is -2.39. The van der Waals surface area contributed by atoms with Crippen molar-refractivity contribution in [3.05, 3.63) is 101 Å². The summed E-state index contributed by atoms with van der Waals surface area (Å²) in [6, 6.07) is 27.5. The van der Waals surface area contributed by atoms with Crippen LogP contribution in [0.15, 0.2) is 78.9 Å². The Labute approximate surface area is 194 Å². The molecule has 4 aromatic rings. The van der Waals surface area contributed by atoms with Crippen molar-refractivity contribution < 1.29 is 4.79 Å². The Morgan fingerprint density at radius 2 is 1.61 bits per heavy atom. The second kappa shape index (κ2) is 7.80. The van der Waals surface area contributed by atoms with E-state index in [4.69, 9.17) is 0 Å². The summed E-state index contributed by atoms with van der Waals surface area (Å²) in [4.78, 5) is 15.9. The van der Waals surface area contributed by atoms with E-state index in [-0.39, 0.29) is 11.3 Å². The van der Waals surface area contributed by atoms with Gasteiger partial charge in [-0.05, 0) is 43.0 Å². The van der Waals surface area contributed by atoms with Crippen LogP contribution in [-0.4, -0.2) is 35.0 Å². The number of hydrogen-bond donors (Lipinski definition) is 1. The zero-order valence-corrected chi connectivity index (χ0v) is 19.1. The SMILES string of the molecule is Cc1c(C(=O)N2CCC3(CC2)CNc2ccccc23)c2ccccc2n1Cc1ccccc1. The van der Waals surface area contributed by atoms with Crippen molar-refractivity contribution in [2.75, 3.05) is 25.0 Å². The van der Waals surface area contributed by atoms with Crippen molar-refractivity contribution >= 4 is 22.5 Å². The number of carbonyl (C=O) groups is 1. The average molecular weight is 436 g/mol. The van der Waals surface area contributed by atoms with Crippen LogP contribution in [-0.2, 0) is 12.0 Å². The molecule has 0 radical (unpaired) electrons. The van der Waals surface area contributed by atoms with Crippen molar-refractivity contribution in [2.45, 2.75) is 31.7 Å². The Balaban J connectivity index is 1.30. The second-order valence-corrected chi connectivity index (χ2v) is 9.52. The standard InChI is InChI=1S/C29H29N3O/c1-21-27(23-11-5-8-14-26(23)32(21)19-22-9-3-2-4-10-22)28(33)31-17-15-29(16-18-31)20-30-25-13-7-6-12-24(25)29/h2-14,30H,15-20H2,1H3. The normalized spacial score (nSPS) is 16.7. The summed E-state index contributed by atoms with van der Waals surface area (Å²) in [6.45, 7) is 5.44. The third kappa shape index (κ3) is 3.24. The fourth-order valence-electron chi connectivity index (χ4n) is 5.87. The summed E-state index contributed by atoms with van der Waals surface area (Å²) in [5, 5.41) is 4.65. The van der Waals surface area contributed by atoms with Gasteiger partial charge in [-0.1, -0.05) is 66.7 Å². The summed E-state index contributed by atoms with van der Waals surface area (Å²) < 4.78 is 2.29. The van der Waals surface area contributed by atoms with E-state index < -0.39 is 0 Å². The number of piperidine rings is 1. The van der Waals surface area contributed by atoms with E-state index in [1.165, 1.54) is 16.8 Å². The summed E-state index contributed by atoms with van der Waals surface area (Å²) in [6.07, 6.45) is 2.01. The van der Waals surface area contributed by atoms with Crippen LogP contribution >= 0.6 is 0 Å². The molecule has 1 saturated heterocycles. The van der Waals surface area contributed by atoms with Gasteiger partial charge in [0.1, 0.15) is 0 Å². The zero-order valence-electron chi connectivity index (χ0n) is 19.1. The molecule has 0 saturated carbocycles. The lowest BCUT2D eigenvalue weighted by Crippen LogP contribution is -2.46. The van der Waals surface area contributed by atoms with Crippen LogP contribution in [0.1, 0.15) is 40.0 Å². The van der Waals surface area contributed by atoms with Crippen LogP contribution in [0.25, 0.3) is 10.9 Å². The smallest absolute Gasteiger partial charge is 0.256 e. The molecule has 1 amide bonds. The highest BCUT2D eigenvalue weighted by Gasteiger charge is 2.42. The molecule has 6 rings (SSSR count). The molecule has 2 aliphatic heterocycles. The van der Waals surface area contributed by atoms with Gasteiger partial charge in [-0.25, -0.2) is 0 Å². The Morgan fingerprint density at radius 1 is 0.909 bits per heavy atom. The minimum absolute atomic E-state index is 0.156. The maximum Gasteiger partial charge on any atom is 0.256 e.